The number of nitrogens with zero attached hydrogens (tertiary/aromatic N) is 2. The number of hydrogen-bond donors (Lipinski definition) is 1. The Morgan fingerprint density at radius 3 is 2.78 bits per heavy atom. The number of benzene rings is 1. The number of aromatic nitrogens is 1. The lowest BCUT2D eigenvalue weighted by atomic mass is 10.2. The minimum atomic E-state index is -3.50. The molecule has 122 valence electrons. The molecule has 2 aromatic rings. The van der Waals surface area contributed by atoms with Gasteiger partial charge in [0.1, 0.15) is 5.82 Å². The van der Waals surface area contributed by atoms with Gasteiger partial charge in [-0.05, 0) is 49.6 Å². The van der Waals surface area contributed by atoms with Crippen LogP contribution in [0, 0.1) is 13.8 Å². The largest absolute Gasteiger partial charge is 0.355 e. The summed E-state index contributed by atoms with van der Waals surface area (Å²) >= 11 is 0. The zero-order chi connectivity index (χ0) is 16.4. The van der Waals surface area contributed by atoms with Crippen molar-refractivity contribution >= 4 is 15.8 Å². The third kappa shape index (κ3) is 3.54. The van der Waals surface area contributed by atoms with Crippen LogP contribution in [-0.2, 0) is 10.0 Å². The zero-order valence-corrected chi connectivity index (χ0v) is 14.2. The van der Waals surface area contributed by atoms with Crippen LogP contribution in [0.1, 0.15) is 17.5 Å². The highest BCUT2D eigenvalue weighted by molar-refractivity contribution is 7.89. The van der Waals surface area contributed by atoms with Gasteiger partial charge in [-0.3, -0.25) is 0 Å². The van der Waals surface area contributed by atoms with Gasteiger partial charge in [-0.1, -0.05) is 18.2 Å². The second-order valence-electron chi connectivity index (χ2n) is 6.01. The molecule has 1 aromatic heterocycles. The highest BCUT2D eigenvalue weighted by atomic mass is 32.2. The smallest absolute Gasteiger partial charge is 0.241 e. The number of hydrogen-bond acceptors (Lipinski definition) is 4. The monoisotopic (exact) mass is 331 g/mol. The quantitative estimate of drug-likeness (QED) is 0.933. The van der Waals surface area contributed by atoms with E-state index >= 15 is 0 Å². The van der Waals surface area contributed by atoms with E-state index in [1.807, 2.05) is 44.2 Å². The van der Waals surface area contributed by atoms with Gasteiger partial charge in [0.05, 0.1) is 4.90 Å². The molecule has 0 bridgehead atoms. The van der Waals surface area contributed by atoms with E-state index in [0.29, 0.717) is 11.4 Å². The predicted octanol–water partition coefficient (Wildman–Crippen LogP) is 2.26. The van der Waals surface area contributed by atoms with Crippen molar-refractivity contribution in [3.63, 3.8) is 0 Å². The van der Waals surface area contributed by atoms with Gasteiger partial charge in [0.15, 0.2) is 0 Å². The second-order valence-corrected chi connectivity index (χ2v) is 7.69. The Bertz CT molecular complexity index is 791. The number of anilines is 1. The van der Waals surface area contributed by atoms with E-state index in [1.165, 1.54) is 0 Å². The zero-order valence-electron chi connectivity index (χ0n) is 13.4. The van der Waals surface area contributed by atoms with Crippen LogP contribution in [0.4, 0.5) is 5.82 Å². The third-order valence-corrected chi connectivity index (χ3v) is 5.78. The molecule has 6 heteroatoms. The van der Waals surface area contributed by atoms with Crippen LogP contribution in [0.5, 0.6) is 0 Å². The molecule has 0 radical (unpaired) electrons. The minimum Gasteiger partial charge on any atom is -0.355 e. The van der Waals surface area contributed by atoms with Gasteiger partial charge in [-0.2, -0.15) is 0 Å². The molecular formula is C17H21N3O2S. The lowest BCUT2D eigenvalue weighted by Crippen LogP contribution is -2.37. The van der Waals surface area contributed by atoms with Gasteiger partial charge in [-0.25, -0.2) is 18.1 Å². The van der Waals surface area contributed by atoms with E-state index in [4.69, 9.17) is 0 Å². The predicted molar refractivity (Wildman–Crippen MR) is 91.1 cm³/mol. The molecule has 1 aromatic carbocycles. The Morgan fingerprint density at radius 2 is 2.04 bits per heavy atom. The summed E-state index contributed by atoms with van der Waals surface area (Å²) < 4.78 is 28.2. The number of sulfonamides is 1. The Morgan fingerprint density at radius 1 is 1.22 bits per heavy atom. The van der Waals surface area contributed by atoms with Crippen molar-refractivity contribution in [3.8, 4) is 0 Å². The molecule has 5 nitrogen and oxygen atoms in total. The average Bonchev–Trinajstić information content (AvgIpc) is 2.98. The molecular weight excluding hydrogens is 310 g/mol. The summed E-state index contributed by atoms with van der Waals surface area (Å²) in [4.78, 5) is 6.80. The number of pyridine rings is 1. The van der Waals surface area contributed by atoms with Crippen molar-refractivity contribution in [1.29, 1.82) is 0 Å². The van der Waals surface area contributed by atoms with Gasteiger partial charge < -0.3 is 4.90 Å². The lowest BCUT2D eigenvalue weighted by molar-refractivity contribution is 0.560. The topological polar surface area (TPSA) is 62.3 Å². The van der Waals surface area contributed by atoms with Crippen LogP contribution in [0.2, 0.25) is 0 Å². The van der Waals surface area contributed by atoms with Gasteiger partial charge >= 0.3 is 0 Å². The second kappa shape index (κ2) is 6.29. The molecule has 1 unspecified atom stereocenters. The first-order chi connectivity index (χ1) is 11.0. The van der Waals surface area contributed by atoms with Crippen LogP contribution in [0.15, 0.2) is 47.5 Å². The normalized spacial score (nSPS) is 18.3. The van der Waals surface area contributed by atoms with Gasteiger partial charge in [-0.15, -0.1) is 0 Å². The number of aryl methyl sites for hydroxylation is 2. The van der Waals surface area contributed by atoms with Gasteiger partial charge in [0.25, 0.3) is 0 Å². The maximum atomic E-state index is 12.7. The molecule has 1 saturated heterocycles. The molecule has 1 N–H and O–H groups in total. The fourth-order valence-electron chi connectivity index (χ4n) is 2.89. The molecule has 1 fully saturated rings. The maximum absolute atomic E-state index is 12.7. The first kappa shape index (κ1) is 16.0. The molecule has 1 atom stereocenters. The van der Waals surface area contributed by atoms with Crippen molar-refractivity contribution in [2.24, 2.45) is 0 Å². The Labute approximate surface area is 137 Å². The molecule has 3 rings (SSSR count). The van der Waals surface area contributed by atoms with E-state index < -0.39 is 10.0 Å². The molecule has 23 heavy (non-hydrogen) atoms. The summed E-state index contributed by atoms with van der Waals surface area (Å²) in [5.41, 5.74) is 1.71. The molecule has 0 saturated carbocycles. The summed E-state index contributed by atoms with van der Waals surface area (Å²) in [7, 11) is -3.50. The SMILES string of the molecule is Cc1ccc(C)c(S(=O)(=O)NC2CCN(c3ccccn3)C2)c1. The Balaban J connectivity index is 1.74. The fourth-order valence-corrected chi connectivity index (χ4v) is 4.48. The van der Waals surface area contributed by atoms with Crippen molar-refractivity contribution < 1.29 is 8.42 Å². The molecule has 1 aliphatic rings. The third-order valence-electron chi connectivity index (χ3n) is 4.12. The average molecular weight is 331 g/mol. The van der Waals surface area contributed by atoms with Crippen LogP contribution < -0.4 is 9.62 Å². The molecule has 0 amide bonds. The standard InChI is InChI=1S/C17H21N3O2S/c1-13-6-7-14(2)16(11-13)23(21,22)19-15-8-10-20(12-15)17-5-3-4-9-18-17/h3-7,9,11,15,19H,8,10,12H2,1-2H3. The highest BCUT2D eigenvalue weighted by Gasteiger charge is 2.28. The number of nitrogens with one attached hydrogen (secondary N) is 1. The van der Waals surface area contributed by atoms with Crippen molar-refractivity contribution in [2.45, 2.75) is 31.2 Å². The van der Waals surface area contributed by atoms with E-state index in [9.17, 15) is 8.42 Å². The van der Waals surface area contributed by atoms with E-state index in [2.05, 4.69) is 14.6 Å². The van der Waals surface area contributed by atoms with Crippen molar-refractivity contribution in [3.05, 3.63) is 53.7 Å². The first-order valence-electron chi connectivity index (χ1n) is 7.71. The molecule has 0 spiro atoms. The summed E-state index contributed by atoms with van der Waals surface area (Å²) in [5, 5.41) is 0. The summed E-state index contributed by atoms with van der Waals surface area (Å²) in [6.07, 6.45) is 2.53. The van der Waals surface area contributed by atoms with Crippen LogP contribution in [0.25, 0.3) is 0 Å². The summed E-state index contributed by atoms with van der Waals surface area (Å²) in [5.74, 6) is 0.890. The Hall–Kier alpha value is -1.92. The molecule has 1 aliphatic heterocycles. The van der Waals surface area contributed by atoms with Crippen LogP contribution in [-0.4, -0.2) is 32.5 Å². The number of rotatable bonds is 4. The highest BCUT2D eigenvalue weighted by Crippen LogP contribution is 2.21. The van der Waals surface area contributed by atoms with Gasteiger partial charge in [0.2, 0.25) is 10.0 Å². The summed E-state index contributed by atoms with van der Waals surface area (Å²) in [6.45, 7) is 5.16. The van der Waals surface area contributed by atoms with Crippen molar-refractivity contribution in [1.82, 2.24) is 9.71 Å². The lowest BCUT2D eigenvalue weighted by Gasteiger charge is -2.18. The maximum Gasteiger partial charge on any atom is 0.241 e. The fraction of sp³-hybridized carbons (Fsp3) is 0.353. The first-order valence-corrected chi connectivity index (χ1v) is 9.19. The Kier molecular flexibility index (Phi) is 4.37. The van der Waals surface area contributed by atoms with Gasteiger partial charge in [0, 0.05) is 25.3 Å². The van der Waals surface area contributed by atoms with E-state index in [-0.39, 0.29) is 6.04 Å². The summed E-state index contributed by atoms with van der Waals surface area (Å²) in [6, 6.07) is 11.2. The molecule has 0 aliphatic carbocycles. The van der Waals surface area contributed by atoms with E-state index in [0.717, 1.165) is 29.9 Å². The van der Waals surface area contributed by atoms with Crippen molar-refractivity contribution in [2.75, 3.05) is 18.0 Å². The molecule has 2 heterocycles. The van der Waals surface area contributed by atoms with E-state index in [1.54, 1.807) is 12.3 Å². The van der Waals surface area contributed by atoms with Crippen LogP contribution in [0.3, 0.4) is 0 Å². The van der Waals surface area contributed by atoms with Crippen LogP contribution >= 0.6 is 0 Å². The minimum absolute atomic E-state index is 0.0954.